The van der Waals surface area contributed by atoms with E-state index in [9.17, 15) is 22.8 Å². The molecule has 2 atom stereocenters. The van der Waals surface area contributed by atoms with Crippen LogP contribution in [0.5, 0.6) is 0 Å². The maximum atomic E-state index is 13.0. The van der Waals surface area contributed by atoms with E-state index in [1.165, 1.54) is 12.1 Å². The average molecular weight is 429 g/mol. The number of urea groups is 1. The Morgan fingerprint density at radius 1 is 1.16 bits per heavy atom. The molecule has 31 heavy (non-hydrogen) atoms. The highest BCUT2D eigenvalue weighted by Crippen LogP contribution is 2.36. The number of carbonyl (C=O) groups is 2. The van der Waals surface area contributed by atoms with E-state index >= 15 is 0 Å². The summed E-state index contributed by atoms with van der Waals surface area (Å²) in [6.45, 7) is 1.67. The number of aromatic nitrogens is 1. The molecule has 2 aromatic carbocycles. The molecule has 0 spiro atoms. The lowest BCUT2D eigenvalue weighted by Gasteiger charge is -2.20. The summed E-state index contributed by atoms with van der Waals surface area (Å²) in [5, 5.41) is 4.49. The van der Waals surface area contributed by atoms with Crippen molar-refractivity contribution in [3.8, 4) is 0 Å². The van der Waals surface area contributed by atoms with Crippen LogP contribution >= 0.6 is 0 Å². The van der Waals surface area contributed by atoms with Gasteiger partial charge in [0.25, 0.3) is 0 Å². The van der Waals surface area contributed by atoms with E-state index in [-0.39, 0.29) is 12.1 Å². The first-order valence-corrected chi connectivity index (χ1v) is 9.52. The number of hydrogen-bond donors (Lipinski definition) is 1. The van der Waals surface area contributed by atoms with Gasteiger partial charge in [-0.1, -0.05) is 36.4 Å². The first kappa shape index (κ1) is 20.6. The first-order chi connectivity index (χ1) is 14.8. The van der Waals surface area contributed by atoms with Crippen molar-refractivity contribution in [2.24, 2.45) is 0 Å². The molecule has 1 aliphatic heterocycles. The van der Waals surface area contributed by atoms with Gasteiger partial charge in [-0.3, -0.25) is 4.98 Å². The van der Waals surface area contributed by atoms with Crippen molar-refractivity contribution in [2.75, 3.05) is 0 Å². The fourth-order valence-corrected chi connectivity index (χ4v) is 3.65. The fourth-order valence-electron chi connectivity index (χ4n) is 3.65. The highest BCUT2D eigenvalue weighted by atomic mass is 19.4. The average Bonchev–Trinajstić information content (AvgIpc) is 3.05. The van der Waals surface area contributed by atoms with Crippen molar-refractivity contribution in [1.82, 2.24) is 15.2 Å². The number of rotatable bonds is 3. The molecule has 1 aliphatic rings. The number of ether oxygens (including phenoxy) is 1. The Labute approximate surface area is 175 Å². The quantitative estimate of drug-likeness (QED) is 0.633. The van der Waals surface area contributed by atoms with E-state index in [4.69, 9.17) is 4.74 Å². The minimum Gasteiger partial charge on any atom is -0.439 e. The van der Waals surface area contributed by atoms with Crippen LogP contribution < -0.4 is 5.32 Å². The van der Waals surface area contributed by atoms with Crippen LogP contribution in [0.2, 0.25) is 0 Å². The summed E-state index contributed by atoms with van der Waals surface area (Å²) in [5.74, 6) is 0. The predicted octanol–water partition coefficient (Wildman–Crippen LogP) is 5.05. The SMILES string of the molecule is CC1C(c2cccc(C(F)(F)F)c2)OC(=O)N1C(=O)NCc1cncc2ccccc12. The molecule has 6 nitrogen and oxygen atoms in total. The van der Waals surface area contributed by atoms with E-state index < -0.39 is 36.0 Å². The molecule has 1 saturated heterocycles. The molecule has 9 heteroatoms. The Morgan fingerprint density at radius 3 is 2.71 bits per heavy atom. The number of benzene rings is 2. The number of carbonyl (C=O) groups excluding carboxylic acids is 2. The van der Waals surface area contributed by atoms with Crippen LogP contribution in [0, 0.1) is 0 Å². The third kappa shape index (κ3) is 4.03. The van der Waals surface area contributed by atoms with Gasteiger partial charge >= 0.3 is 18.3 Å². The lowest BCUT2D eigenvalue weighted by Crippen LogP contribution is -2.44. The van der Waals surface area contributed by atoms with E-state index in [0.717, 1.165) is 33.4 Å². The zero-order chi connectivity index (χ0) is 22.2. The molecule has 1 aromatic heterocycles. The van der Waals surface area contributed by atoms with E-state index in [2.05, 4.69) is 10.3 Å². The van der Waals surface area contributed by atoms with Crippen LogP contribution in [0.4, 0.5) is 22.8 Å². The first-order valence-electron chi connectivity index (χ1n) is 9.52. The molecule has 0 saturated carbocycles. The van der Waals surface area contributed by atoms with Gasteiger partial charge in [0, 0.05) is 24.3 Å². The number of cyclic esters (lactones) is 1. The number of pyridine rings is 1. The van der Waals surface area contributed by atoms with Gasteiger partial charge in [0.1, 0.15) is 6.10 Å². The second-order valence-electron chi connectivity index (χ2n) is 7.22. The fraction of sp³-hybridized carbons (Fsp3) is 0.227. The lowest BCUT2D eigenvalue weighted by molar-refractivity contribution is -0.137. The number of fused-ring (bicyclic) bond motifs is 1. The van der Waals surface area contributed by atoms with E-state index in [1.54, 1.807) is 19.3 Å². The normalized spacial score (nSPS) is 18.8. The highest BCUT2D eigenvalue weighted by molar-refractivity contribution is 5.93. The number of halogens is 3. The van der Waals surface area contributed by atoms with E-state index in [0.29, 0.717) is 0 Å². The molecule has 160 valence electrons. The Hall–Kier alpha value is -3.62. The summed E-state index contributed by atoms with van der Waals surface area (Å²) >= 11 is 0. The summed E-state index contributed by atoms with van der Waals surface area (Å²) in [4.78, 5) is 30.0. The minimum atomic E-state index is -4.52. The maximum absolute atomic E-state index is 13.0. The summed E-state index contributed by atoms with van der Waals surface area (Å²) in [5.41, 5.74) is 0.0879. The van der Waals surface area contributed by atoms with Gasteiger partial charge in [-0.15, -0.1) is 0 Å². The van der Waals surface area contributed by atoms with Gasteiger partial charge in [-0.2, -0.15) is 13.2 Å². The van der Waals surface area contributed by atoms with Crippen LogP contribution in [0.15, 0.2) is 60.9 Å². The monoisotopic (exact) mass is 429 g/mol. The van der Waals surface area contributed by atoms with Crippen molar-refractivity contribution >= 4 is 22.9 Å². The van der Waals surface area contributed by atoms with E-state index in [1.807, 2.05) is 24.3 Å². The Kier molecular flexibility index (Phi) is 5.26. The van der Waals surface area contributed by atoms with Crippen molar-refractivity contribution in [2.45, 2.75) is 31.8 Å². The number of alkyl halides is 3. The molecule has 1 fully saturated rings. The largest absolute Gasteiger partial charge is 0.439 e. The summed E-state index contributed by atoms with van der Waals surface area (Å²) in [6.07, 6.45) is -3.10. The summed E-state index contributed by atoms with van der Waals surface area (Å²) in [6, 6.07) is 10.6. The van der Waals surface area contributed by atoms with Crippen LogP contribution in [0.25, 0.3) is 10.8 Å². The van der Waals surface area contributed by atoms with Gasteiger partial charge in [0.05, 0.1) is 11.6 Å². The minimum absolute atomic E-state index is 0.123. The molecule has 0 bridgehead atoms. The van der Waals surface area contributed by atoms with Crippen molar-refractivity contribution in [1.29, 1.82) is 0 Å². The highest BCUT2D eigenvalue weighted by Gasteiger charge is 2.44. The lowest BCUT2D eigenvalue weighted by atomic mass is 10.0. The number of nitrogens with zero attached hydrogens (tertiary/aromatic N) is 2. The molecule has 4 rings (SSSR count). The number of nitrogens with one attached hydrogen (secondary N) is 1. The molecule has 3 aromatic rings. The van der Waals surface area contributed by atoms with Crippen LogP contribution in [-0.2, 0) is 17.5 Å². The molecular formula is C22H18F3N3O3. The molecule has 3 amide bonds. The smallest absolute Gasteiger partial charge is 0.419 e. The zero-order valence-corrected chi connectivity index (χ0v) is 16.4. The number of imide groups is 1. The van der Waals surface area contributed by atoms with Gasteiger partial charge in [0.2, 0.25) is 0 Å². The van der Waals surface area contributed by atoms with Crippen molar-refractivity contribution in [3.05, 3.63) is 77.6 Å². The summed E-state index contributed by atoms with van der Waals surface area (Å²) < 4.78 is 44.3. The third-order valence-electron chi connectivity index (χ3n) is 5.21. The second-order valence-corrected chi connectivity index (χ2v) is 7.22. The molecule has 0 aliphatic carbocycles. The van der Waals surface area contributed by atoms with Crippen LogP contribution in [0.3, 0.4) is 0 Å². The van der Waals surface area contributed by atoms with Crippen LogP contribution in [-0.4, -0.2) is 28.1 Å². The molecular weight excluding hydrogens is 411 g/mol. The zero-order valence-electron chi connectivity index (χ0n) is 16.4. The Bertz CT molecular complexity index is 1140. The number of amides is 3. The van der Waals surface area contributed by atoms with Gasteiger partial charge in [-0.25, -0.2) is 14.5 Å². The molecule has 0 radical (unpaired) electrons. The van der Waals surface area contributed by atoms with Crippen molar-refractivity contribution in [3.63, 3.8) is 0 Å². The number of hydrogen-bond acceptors (Lipinski definition) is 4. The molecule has 2 unspecified atom stereocenters. The third-order valence-corrected chi connectivity index (χ3v) is 5.21. The van der Waals surface area contributed by atoms with Gasteiger partial charge < -0.3 is 10.1 Å². The molecule has 1 N–H and O–H groups in total. The topological polar surface area (TPSA) is 71.5 Å². The maximum Gasteiger partial charge on any atom is 0.419 e. The standard InChI is InChI=1S/C22H18F3N3O3/c1-13-19(14-6-4-7-17(9-14)22(23,24)25)31-21(30)28(13)20(29)27-12-16-11-26-10-15-5-2-3-8-18(15)16/h2-11,13,19H,12H2,1H3,(H,27,29). The van der Waals surface area contributed by atoms with Crippen molar-refractivity contribution < 1.29 is 27.5 Å². The second kappa shape index (κ2) is 7.90. The molecule has 2 heterocycles. The Morgan fingerprint density at radius 2 is 1.94 bits per heavy atom. The summed E-state index contributed by atoms with van der Waals surface area (Å²) in [7, 11) is 0. The van der Waals surface area contributed by atoms with Gasteiger partial charge in [0.15, 0.2) is 0 Å². The Balaban J connectivity index is 1.50. The predicted molar refractivity (Wildman–Crippen MR) is 106 cm³/mol. The van der Waals surface area contributed by atoms with Gasteiger partial charge in [-0.05, 0) is 35.6 Å². The van der Waals surface area contributed by atoms with Crippen LogP contribution in [0.1, 0.15) is 29.7 Å².